The summed E-state index contributed by atoms with van der Waals surface area (Å²) in [7, 11) is 0. The zero-order chi connectivity index (χ0) is 12.1. The predicted molar refractivity (Wildman–Crippen MR) is 68.9 cm³/mol. The summed E-state index contributed by atoms with van der Waals surface area (Å²) in [6.07, 6.45) is 5.92. The van der Waals surface area contributed by atoms with Crippen molar-refractivity contribution < 1.29 is 4.79 Å². The van der Waals surface area contributed by atoms with Gasteiger partial charge in [0.15, 0.2) is 0 Å². The molecule has 2 aliphatic rings. The van der Waals surface area contributed by atoms with Gasteiger partial charge in [0.05, 0.1) is 0 Å². The molecule has 4 heteroatoms. The maximum Gasteiger partial charge on any atom is 0.221 e. The van der Waals surface area contributed by atoms with E-state index >= 15 is 0 Å². The van der Waals surface area contributed by atoms with E-state index in [0.717, 1.165) is 19.1 Å². The summed E-state index contributed by atoms with van der Waals surface area (Å²) in [5, 5.41) is 6.41. The molecule has 4 nitrogen and oxygen atoms in total. The van der Waals surface area contributed by atoms with E-state index in [2.05, 4.69) is 15.5 Å². The Balaban J connectivity index is 1.67. The molecule has 2 atom stereocenters. The lowest BCUT2D eigenvalue weighted by molar-refractivity contribution is -0.120. The van der Waals surface area contributed by atoms with Crippen molar-refractivity contribution in [2.24, 2.45) is 0 Å². The molecule has 2 heterocycles. The number of piperidine rings is 1. The predicted octanol–water partition coefficient (Wildman–Crippen LogP) is 0.729. The van der Waals surface area contributed by atoms with Crippen molar-refractivity contribution in [1.82, 2.24) is 15.5 Å². The van der Waals surface area contributed by atoms with Crippen LogP contribution in [-0.4, -0.2) is 49.1 Å². The molecule has 2 fully saturated rings. The smallest absolute Gasteiger partial charge is 0.221 e. The Hall–Kier alpha value is -0.610. The molecular weight excluding hydrogens is 214 g/mol. The van der Waals surface area contributed by atoms with Gasteiger partial charge < -0.3 is 10.6 Å². The van der Waals surface area contributed by atoms with Gasteiger partial charge in [-0.2, -0.15) is 0 Å². The maximum absolute atomic E-state index is 11.3. The molecule has 0 spiro atoms. The molecule has 17 heavy (non-hydrogen) atoms. The highest BCUT2D eigenvalue weighted by Crippen LogP contribution is 2.26. The number of hydrogen-bond donors (Lipinski definition) is 2. The van der Waals surface area contributed by atoms with Gasteiger partial charge in [-0.25, -0.2) is 0 Å². The highest BCUT2D eigenvalue weighted by atomic mass is 16.1. The van der Waals surface area contributed by atoms with Crippen LogP contribution in [0.25, 0.3) is 0 Å². The molecule has 1 amide bonds. The number of nitrogens with one attached hydrogen (secondary N) is 2. The van der Waals surface area contributed by atoms with Crippen LogP contribution in [0.3, 0.4) is 0 Å². The molecule has 2 rings (SSSR count). The molecule has 0 radical (unpaired) electrons. The van der Waals surface area contributed by atoms with Crippen molar-refractivity contribution >= 4 is 5.91 Å². The van der Waals surface area contributed by atoms with E-state index in [1.807, 2.05) is 6.92 Å². The Labute approximate surface area is 104 Å². The van der Waals surface area contributed by atoms with Gasteiger partial charge in [0.1, 0.15) is 0 Å². The second-order valence-electron chi connectivity index (χ2n) is 5.15. The van der Waals surface area contributed by atoms with Crippen molar-refractivity contribution in [2.45, 2.75) is 51.1 Å². The SMILES string of the molecule is CCNC(=O)CCNC1CCN2CCCCC12. The third kappa shape index (κ3) is 3.42. The third-order valence-electron chi connectivity index (χ3n) is 3.99. The van der Waals surface area contributed by atoms with Gasteiger partial charge in [0, 0.05) is 38.1 Å². The molecule has 2 aliphatic heterocycles. The quantitative estimate of drug-likeness (QED) is 0.743. The lowest BCUT2D eigenvalue weighted by Gasteiger charge is -2.32. The van der Waals surface area contributed by atoms with Gasteiger partial charge in [0.2, 0.25) is 5.91 Å². The Morgan fingerprint density at radius 2 is 2.18 bits per heavy atom. The first-order chi connectivity index (χ1) is 8.31. The number of carbonyl (C=O) groups excluding carboxylic acids is 1. The number of amides is 1. The average Bonchev–Trinajstić information content (AvgIpc) is 2.73. The maximum atomic E-state index is 11.3. The van der Waals surface area contributed by atoms with Crippen LogP contribution in [0.1, 0.15) is 39.0 Å². The first-order valence-electron chi connectivity index (χ1n) is 7.05. The van der Waals surface area contributed by atoms with Gasteiger partial charge >= 0.3 is 0 Å². The Bertz CT molecular complexity index is 257. The second-order valence-corrected chi connectivity index (χ2v) is 5.15. The molecule has 0 bridgehead atoms. The van der Waals surface area contributed by atoms with E-state index in [4.69, 9.17) is 0 Å². The highest BCUT2D eigenvalue weighted by Gasteiger charge is 2.34. The van der Waals surface area contributed by atoms with Gasteiger partial charge in [-0.3, -0.25) is 9.69 Å². The molecule has 0 aromatic heterocycles. The third-order valence-corrected chi connectivity index (χ3v) is 3.99. The first kappa shape index (κ1) is 12.8. The zero-order valence-corrected chi connectivity index (χ0v) is 10.9. The lowest BCUT2D eigenvalue weighted by atomic mass is 9.99. The number of hydrogen-bond acceptors (Lipinski definition) is 3. The molecule has 0 aromatic rings. The zero-order valence-electron chi connectivity index (χ0n) is 10.9. The number of nitrogens with zero attached hydrogens (tertiary/aromatic N) is 1. The molecule has 98 valence electrons. The minimum absolute atomic E-state index is 0.165. The van der Waals surface area contributed by atoms with Gasteiger partial charge in [0.25, 0.3) is 0 Å². The van der Waals surface area contributed by atoms with Crippen molar-refractivity contribution in [3.8, 4) is 0 Å². The fourth-order valence-corrected chi connectivity index (χ4v) is 3.14. The van der Waals surface area contributed by atoms with E-state index in [1.54, 1.807) is 0 Å². The fraction of sp³-hybridized carbons (Fsp3) is 0.923. The van der Waals surface area contributed by atoms with Crippen LogP contribution in [-0.2, 0) is 4.79 Å². The normalized spacial score (nSPS) is 29.0. The molecule has 0 saturated carbocycles. The fourth-order valence-electron chi connectivity index (χ4n) is 3.14. The van der Waals surface area contributed by atoms with Crippen LogP contribution in [0, 0.1) is 0 Å². The van der Waals surface area contributed by atoms with Crippen LogP contribution in [0.15, 0.2) is 0 Å². The van der Waals surface area contributed by atoms with Crippen LogP contribution in [0.4, 0.5) is 0 Å². The summed E-state index contributed by atoms with van der Waals surface area (Å²) < 4.78 is 0. The topological polar surface area (TPSA) is 44.4 Å². The summed E-state index contributed by atoms with van der Waals surface area (Å²) in [6.45, 7) is 6.03. The summed E-state index contributed by atoms with van der Waals surface area (Å²) in [6, 6.07) is 1.35. The van der Waals surface area contributed by atoms with Crippen LogP contribution >= 0.6 is 0 Å². The molecule has 2 unspecified atom stereocenters. The molecular formula is C13H25N3O. The van der Waals surface area contributed by atoms with Gasteiger partial charge in [-0.05, 0) is 32.7 Å². The second kappa shape index (κ2) is 6.36. The number of fused-ring (bicyclic) bond motifs is 1. The van der Waals surface area contributed by atoms with E-state index < -0.39 is 0 Å². The van der Waals surface area contributed by atoms with Crippen LogP contribution in [0.5, 0.6) is 0 Å². The van der Waals surface area contributed by atoms with Crippen LogP contribution in [0.2, 0.25) is 0 Å². The minimum atomic E-state index is 0.165. The molecule has 2 N–H and O–H groups in total. The average molecular weight is 239 g/mol. The summed E-state index contributed by atoms with van der Waals surface area (Å²) >= 11 is 0. The number of carbonyl (C=O) groups is 1. The highest BCUT2D eigenvalue weighted by molar-refractivity contribution is 5.75. The summed E-state index contributed by atoms with van der Waals surface area (Å²) in [5.74, 6) is 0.165. The van der Waals surface area contributed by atoms with Crippen molar-refractivity contribution in [1.29, 1.82) is 0 Å². The van der Waals surface area contributed by atoms with Crippen molar-refractivity contribution in [3.05, 3.63) is 0 Å². The minimum Gasteiger partial charge on any atom is -0.356 e. The number of rotatable bonds is 5. The van der Waals surface area contributed by atoms with E-state index in [0.29, 0.717) is 12.5 Å². The molecule has 2 saturated heterocycles. The van der Waals surface area contributed by atoms with Gasteiger partial charge in [-0.1, -0.05) is 6.42 Å². The van der Waals surface area contributed by atoms with E-state index in [-0.39, 0.29) is 5.91 Å². The Kier molecular flexibility index (Phi) is 4.80. The van der Waals surface area contributed by atoms with E-state index in [9.17, 15) is 4.79 Å². The largest absolute Gasteiger partial charge is 0.356 e. The first-order valence-corrected chi connectivity index (χ1v) is 7.05. The Morgan fingerprint density at radius 1 is 1.29 bits per heavy atom. The molecule has 0 aromatic carbocycles. The van der Waals surface area contributed by atoms with Crippen molar-refractivity contribution in [2.75, 3.05) is 26.2 Å². The monoisotopic (exact) mass is 239 g/mol. The summed E-state index contributed by atoms with van der Waals surface area (Å²) in [5.41, 5.74) is 0. The van der Waals surface area contributed by atoms with E-state index in [1.165, 1.54) is 38.8 Å². The standard InChI is InChI=1S/C13H25N3O/c1-2-14-13(17)6-8-15-11-7-10-16-9-4-3-5-12(11)16/h11-12,15H,2-10H2,1H3,(H,14,17). The molecule has 0 aliphatic carbocycles. The Morgan fingerprint density at radius 3 is 3.00 bits per heavy atom. The summed E-state index contributed by atoms with van der Waals surface area (Å²) in [4.78, 5) is 14.0. The van der Waals surface area contributed by atoms with Crippen LogP contribution < -0.4 is 10.6 Å². The lowest BCUT2D eigenvalue weighted by Crippen LogP contribution is -2.45. The van der Waals surface area contributed by atoms with Gasteiger partial charge in [-0.15, -0.1) is 0 Å². The van der Waals surface area contributed by atoms with Crippen molar-refractivity contribution in [3.63, 3.8) is 0 Å².